The van der Waals surface area contributed by atoms with E-state index in [9.17, 15) is 0 Å². The topological polar surface area (TPSA) is 61.0 Å². The third kappa shape index (κ3) is 4.53. The summed E-state index contributed by atoms with van der Waals surface area (Å²) in [5.74, 6) is 0.641. The summed E-state index contributed by atoms with van der Waals surface area (Å²) in [6, 6.07) is 8.88. The molecule has 1 unspecified atom stereocenters. The van der Waals surface area contributed by atoms with Crippen molar-refractivity contribution in [1.29, 1.82) is 0 Å². The fraction of sp³-hybridized carbons (Fsp3) is 0.474. The van der Waals surface area contributed by atoms with E-state index in [1.54, 1.807) is 11.3 Å². The van der Waals surface area contributed by atoms with Gasteiger partial charge < -0.3 is 20.4 Å². The van der Waals surface area contributed by atoms with Crippen LogP contribution >= 0.6 is 11.3 Å². The van der Waals surface area contributed by atoms with Crippen LogP contribution in [0.5, 0.6) is 0 Å². The molecule has 2 heterocycles. The van der Waals surface area contributed by atoms with Gasteiger partial charge in [-0.1, -0.05) is 29.8 Å². The Morgan fingerprint density at radius 3 is 2.50 bits per heavy atom. The number of thiazole rings is 1. The predicted molar refractivity (Wildman–Crippen MR) is 110 cm³/mol. The van der Waals surface area contributed by atoms with Crippen molar-refractivity contribution in [2.45, 2.75) is 13.0 Å². The minimum absolute atomic E-state index is 0.228. The van der Waals surface area contributed by atoms with E-state index >= 15 is 0 Å². The molecule has 1 fully saturated rings. The number of hydrogen-bond acceptors (Lipinski definition) is 5. The van der Waals surface area contributed by atoms with Gasteiger partial charge in [0.15, 0.2) is 11.1 Å². The summed E-state index contributed by atoms with van der Waals surface area (Å²) in [7, 11) is 4.17. The van der Waals surface area contributed by atoms with E-state index in [0.717, 1.165) is 31.3 Å². The van der Waals surface area contributed by atoms with E-state index in [-0.39, 0.29) is 6.04 Å². The van der Waals surface area contributed by atoms with Gasteiger partial charge in [-0.2, -0.15) is 0 Å². The number of piperazine rings is 1. The zero-order chi connectivity index (χ0) is 18.5. The number of hydrogen-bond donors (Lipinski definition) is 1. The summed E-state index contributed by atoms with van der Waals surface area (Å²) in [4.78, 5) is 15.8. The van der Waals surface area contributed by atoms with Crippen LogP contribution in [0.15, 0.2) is 40.8 Å². The van der Waals surface area contributed by atoms with E-state index in [4.69, 9.17) is 10.7 Å². The number of nitrogens with zero attached hydrogens (tertiary/aromatic N) is 5. The molecule has 2 aromatic rings. The number of aromatic nitrogens is 1. The smallest absolute Gasteiger partial charge is 0.191 e. The maximum absolute atomic E-state index is 6.29. The van der Waals surface area contributed by atoms with Gasteiger partial charge in [0.25, 0.3) is 0 Å². The maximum atomic E-state index is 6.29. The van der Waals surface area contributed by atoms with E-state index in [0.29, 0.717) is 12.5 Å². The normalized spacial score (nSPS) is 17.0. The van der Waals surface area contributed by atoms with Gasteiger partial charge in [0, 0.05) is 37.8 Å². The molecular weight excluding hydrogens is 344 g/mol. The maximum Gasteiger partial charge on any atom is 0.191 e. The molecule has 0 saturated carbocycles. The lowest BCUT2D eigenvalue weighted by Gasteiger charge is -2.35. The molecule has 0 radical (unpaired) electrons. The van der Waals surface area contributed by atoms with Crippen molar-refractivity contribution in [2.75, 3.05) is 51.7 Å². The van der Waals surface area contributed by atoms with Crippen LogP contribution in [-0.2, 0) is 0 Å². The largest absolute Gasteiger partial charge is 0.370 e. The van der Waals surface area contributed by atoms with Crippen LogP contribution in [-0.4, -0.2) is 67.6 Å². The SMILES string of the molecule is Cc1ccc(C(CN=C(N)N2CCN(c3nccs3)CC2)N(C)C)cc1. The number of aryl methyl sites for hydroxylation is 1. The van der Waals surface area contributed by atoms with Crippen molar-refractivity contribution in [3.63, 3.8) is 0 Å². The average Bonchev–Trinajstić information content (AvgIpc) is 3.18. The minimum atomic E-state index is 0.228. The van der Waals surface area contributed by atoms with Gasteiger partial charge in [0.1, 0.15) is 0 Å². The highest BCUT2D eigenvalue weighted by molar-refractivity contribution is 7.13. The van der Waals surface area contributed by atoms with Crippen LogP contribution in [0.4, 0.5) is 5.13 Å². The Morgan fingerprint density at radius 1 is 1.23 bits per heavy atom. The lowest BCUT2D eigenvalue weighted by atomic mass is 10.0. The first-order valence-electron chi connectivity index (χ1n) is 8.97. The van der Waals surface area contributed by atoms with Gasteiger partial charge >= 0.3 is 0 Å². The van der Waals surface area contributed by atoms with Crippen molar-refractivity contribution in [2.24, 2.45) is 10.7 Å². The van der Waals surface area contributed by atoms with Crippen LogP contribution in [0.1, 0.15) is 17.2 Å². The second kappa shape index (κ2) is 8.51. The Labute approximate surface area is 160 Å². The molecule has 1 aliphatic rings. The highest BCUT2D eigenvalue weighted by Gasteiger charge is 2.20. The van der Waals surface area contributed by atoms with E-state index < -0.39 is 0 Å². The average molecular weight is 373 g/mol. The summed E-state index contributed by atoms with van der Waals surface area (Å²) in [5, 5.41) is 3.11. The highest BCUT2D eigenvalue weighted by Crippen LogP contribution is 2.20. The summed E-state index contributed by atoms with van der Waals surface area (Å²) < 4.78 is 0. The van der Waals surface area contributed by atoms with Gasteiger partial charge in [0.2, 0.25) is 0 Å². The zero-order valence-electron chi connectivity index (χ0n) is 15.8. The number of likely N-dealkylation sites (N-methyl/N-ethyl adjacent to an activating group) is 1. The van der Waals surface area contributed by atoms with Crippen LogP contribution in [0.3, 0.4) is 0 Å². The first kappa shape index (κ1) is 18.7. The molecule has 0 aliphatic carbocycles. The van der Waals surface area contributed by atoms with Crippen molar-refractivity contribution in [3.8, 4) is 0 Å². The Hall–Kier alpha value is -2.12. The van der Waals surface area contributed by atoms with Gasteiger partial charge in [0.05, 0.1) is 12.6 Å². The van der Waals surface area contributed by atoms with Crippen LogP contribution in [0.2, 0.25) is 0 Å². The molecule has 140 valence electrons. The third-order valence-corrected chi connectivity index (χ3v) is 5.64. The van der Waals surface area contributed by atoms with E-state index in [2.05, 4.69) is 65.0 Å². The lowest BCUT2D eigenvalue weighted by Crippen LogP contribution is -2.51. The minimum Gasteiger partial charge on any atom is -0.370 e. The van der Waals surface area contributed by atoms with E-state index in [1.165, 1.54) is 11.1 Å². The first-order valence-corrected chi connectivity index (χ1v) is 9.85. The zero-order valence-corrected chi connectivity index (χ0v) is 16.6. The number of benzene rings is 1. The molecule has 1 atom stereocenters. The van der Waals surface area contributed by atoms with Crippen LogP contribution in [0.25, 0.3) is 0 Å². The molecule has 0 spiro atoms. The third-order valence-electron chi connectivity index (χ3n) is 4.81. The molecule has 0 amide bonds. The second-order valence-corrected chi connectivity index (χ2v) is 7.75. The predicted octanol–water partition coefficient (Wildman–Crippen LogP) is 2.19. The number of nitrogens with two attached hydrogens (primary N) is 1. The Kier molecular flexibility index (Phi) is 6.11. The van der Waals surface area contributed by atoms with E-state index in [1.807, 2.05) is 11.6 Å². The Morgan fingerprint density at radius 2 is 1.92 bits per heavy atom. The van der Waals surface area contributed by atoms with Crippen LogP contribution < -0.4 is 10.6 Å². The quantitative estimate of drug-likeness (QED) is 0.644. The van der Waals surface area contributed by atoms with Crippen molar-refractivity contribution in [3.05, 3.63) is 47.0 Å². The fourth-order valence-electron chi connectivity index (χ4n) is 3.13. The molecule has 1 aromatic heterocycles. The molecular formula is C19H28N6S. The molecule has 1 saturated heterocycles. The molecule has 0 bridgehead atoms. The molecule has 2 N–H and O–H groups in total. The van der Waals surface area contributed by atoms with Gasteiger partial charge in [-0.05, 0) is 26.6 Å². The van der Waals surface area contributed by atoms with Gasteiger partial charge in [-0.3, -0.25) is 4.99 Å². The summed E-state index contributed by atoms with van der Waals surface area (Å²) in [6.07, 6.45) is 1.86. The second-order valence-electron chi connectivity index (χ2n) is 6.88. The Balaban J connectivity index is 1.59. The molecule has 26 heavy (non-hydrogen) atoms. The number of anilines is 1. The van der Waals surface area contributed by atoms with Crippen molar-refractivity contribution in [1.82, 2.24) is 14.8 Å². The summed E-state index contributed by atoms with van der Waals surface area (Å²) in [6.45, 7) is 6.39. The first-order chi connectivity index (χ1) is 12.5. The van der Waals surface area contributed by atoms with Crippen molar-refractivity contribution >= 4 is 22.4 Å². The molecule has 1 aromatic carbocycles. The van der Waals surface area contributed by atoms with Crippen LogP contribution in [0, 0.1) is 6.92 Å². The molecule has 7 heteroatoms. The van der Waals surface area contributed by atoms with Gasteiger partial charge in [-0.15, -0.1) is 11.3 Å². The number of guanidine groups is 1. The lowest BCUT2D eigenvalue weighted by molar-refractivity contribution is 0.304. The standard InChI is InChI=1S/C19H28N6S/c1-15-4-6-16(7-5-15)17(23(2)3)14-22-18(20)24-9-11-25(12-10-24)19-21-8-13-26-19/h4-8,13,17H,9-12,14H2,1-3H3,(H2,20,22). The molecule has 3 rings (SSSR count). The number of rotatable bonds is 5. The summed E-state index contributed by atoms with van der Waals surface area (Å²) in [5.41, 5.74) is 8.83. The highest BCUT2D eigenvalue weighted by atomic mass is 32.1. The monoisotopic (exact) mass is 372 g/mol. The Bertz CT molecular complexity index is 702. The summed E-state index contributed by atoms with van der Waals surface area (Å²) >= 11 is 1.68. The number of aliphatic imine (C=N–C) groups is 1. The van der Waals surface area contributed by atoms with Crippen molar-refractivity contribution < 1.29 is 0 Å². The molecule has 1 aliphatic heterocycles. The van der Waals surface area contributed by atoms with Gasteiger partial charge in [-0.25, -0.2) is 4.98 Å². The fourth-order valence-corrected chi connectivity index (χ4v) is 3.83. The molecule has 6 nitrogen and oxygen atoms in total.